The van der Waals surface area contributed by atoms with Crippen LogP contribution in [0.1, 0.15) is 28.2 Å². The minimum absolute atomic E-state index is 0.117. The zero-order valence-corrected chi connectivity index (χ0v) is 9.64. The Kier molecular flexibility index (Phi) is 3.73. The first-order chi connectivity index (χ1) is 6.97. The molecule has 0 atom stereocenters. The molecular formula is C9H8BrF2NO2. The number of ether oxygens (including phenoxy) is 1. The van der Waals surface area contributed by atoms with Crippen LogP contribution in [0.15, 0.2) is 10.5 Å². The first-order valence-electron chi connectivity index (χ1n) is 4.01. The van der Waals surface area contributed by atoms with Crippen molar-refractivity contribution < 1.29 is 18.3 Å². The summed E-state index contributed by atoms with van der Waals surface area (Å²) in [5, 5.41) is 0. The van der Waals surface area contributed by atoms with E-state index in [4.69, 9.17) is 0 Å². The Morgan fingerprint density at radius 2 is 2.20 bits per heavy atom. The second kappa shape index (κ2) is 4.65. The molecule has 0 saturated heterocycles. The molecule has 3 nitrogen and oxygen atoms in total. The number of nitrogens with zero attached hydrogens (tertiary/aromatic N) is 1. The number of methoxy groups -OCH3 is 1. The zero-order chi connectivity index (χ0) is 11.6. The molecule has 0 bridgehead atoms. The molecule has 1 aromatic heterocycles. The van der Waals surface area contributed by atoms with Crippen molar-refractivity contribution in [2.45, 2.75) is 13.3 Å². The Hall–Kier alpha value is -1.04. The first-order valence-corrected chi connectivity index (χ1v) is 4.80. The van der Waals surface area contributed by atoms with Gasteiger partial charge in [-0.3, -0.25) is 0 Å². The molecule has 15 heavy (non-hydrogen) atoms. The van der Waals surface area contributed by atoms with Crippen molar-refractivity contribution in [2.24, 2.45) is 0 Å². The third-order valence-corrected chi connectivity index (χ3v) is 2.81. The third kappa shape index (κ3) is 2.50. The molecule has 1 rings (SSSR count). The van der Waals surface area contributed by atoms with Crippen molar-refractivity contribution in [2.75, 3.05) is 7.11 Å². The number of pyridine rings is 1. The van der Waals surface area contributed by atoms with Crippen LogP contribution in [0.4, 0.5) is 8.78 Å². The number of aromatic nitrogens is 1. The van der Waals surface area contributed by atoms with Gasteiger partial charge in [0.05, 0.1) is 12.8 Å². The van der Waals surface area contributed by atoms with E-state index in [0.717, 1.165) is 6.07 Å². The molecular weight excluding hydrogens is 272 g/mol. The predicted octanol–water partition coefficient (Wildman–Crippen LogP) is 2.88. The van der Waals surface area contributed by atoms with E-state index in [9.17, 15) is 13.6 Å². The molecule has 1 heterocycles. The highest BCUT2D eigenvalue weighted by Gasteiger charge is 2.18. The highest BCUT2D eigenvalue weighted by Crippen LogP contribution is 2.29. The Labute approximate surface area is 93.6 Å². The summed E-state index contributed by atoms with van der Waals surface area (Å²) in [6.07, 6.45) is -2.66. The third-order valence-electron chi connectivity index (χ3n) is 1.78. The van der Waals surface area contributed by atoms with E-state index < -0.39 is 12.4 Å². The monoisotopic (exact) mass is 279 g/mol. The molecule has 0 aliphatic carbocycles. The normalized spacial score (nSPS) is 10.5. The molecule has 0 unspecified atom stereocenters. The summed E-state index contributed by atoms with van der Waals surface area (Å²) in [6, 6.07) is 1.02. The van der Waals surface area contributed by atoms with Gasteiger partial charge in [-0.2, -0.15) is 0 Å². The minimum Gasteiger partial charge on any atom is -0.464 e. The molecule has 0 N–H and O–H groups in total. The number of aryl methyl sites for hydroxylation is 1. The number of hydrogen-bond donors (Lipinski definition) is 0. The van der Waals surface area contributed by atoms with Crippen LogP contribution in [0.25, 0.3) is 0 Å². The van der Waals surface area contributed by atoms with E-state index in [0.29, 0.717) is 5.69 Å². The summed E-state index contributed by atoms with van der Waals surface area (Å²) in [5.74, 6) is -0.729. The van der Waals surface area contributed by atoms with E-state index in [2.05, 4.69) is 25.7 Å². The van der Waals surface area contributed by atoms with Gasteiger partial charge in [0.25, 0.3) is 6.43 Å². The number of alkyl halides is 2. The summed E-state index contributed by atoms with van der Waals surface area (Å²) in [7, 11) is 1.17. The lowest BCUT2D eigenvalue weighted by Gasteiger charge is -2.08. The van der Waals surface area contributed by atoms with Gasteiger partial charge in [-0.05, 0) is 28.9 Å². The topological polar surface area (TPSA) is 39.2 Å². The highest BCUT2D eigenvalue weighted by molar-refractivity contribution is 9.10. The molecule has 0 aliphatic heterocycles. The largest absolute Gasteiger partial charge is 0.464 e. The van der Waals surface area contributed by atoms with Crippen molar-refractivity contribution in [1.82, 2.24) is 4.98 Å². The van der Waals surface area contributed by atoms with Crippen molar-refractivity contribution >= 4 is 21.9 Å². The van der Waals surface area contributed by atoms with Gasteiger partial charge in [-0.1, -0.05) is 0 Å². The second-order valence-electron chi connectivity index (χ2n) is 2.79. The Morgan fingerprint density at radius 3 is 2.67 bits per heavy atom. The zero-order valence-electron chi connectivity index (χ0n) is 8.05. The lowest BCUT2D eigenvalue weighted by molar-refractivity contribution is 0.0593. The fourth-order valence-corrected chi connectivity index (χ4v) is 1.43. The molecule has 0 amide bonds. The van der Waals surface area contributed by atoms with Crippen LogP contribution in [0, 0.1) is 6.92 Å². The lowest BCUT2D eigenvalue weighted by Crippen LogP contribution is -2.07. The van der Waals surface area contributed by atoms with Crippen molar-refractivity contribution in [3.05, 3.63) is 27.5 Å². The van der Waals surface area contributed by atoms with Gasteiger partial charge in [0, 0.05) is 10.0 Å². The van der Waals surface area contributed by atoms with Crippen LogP contribution >= 0.6 is 15.9 Å². The summed E-state index contributed by atoms with van der Waals surface area (Å²) >= 11 is 2.99. The number of carbonyl (C=O) groups is 1. The molecule has 0 fully saturated rings. The Morgan fingerprint density at radius 1 is 1.60 bits per heavy atom. The predicted molar refractivity (Wildman–Crippen MR) is 53.0 cm³/mol. The van der Waals surface area contributed by atoms with Crippen molar-refractivity contribution in [3.63, 3.8) is 0 Å². The van der Waals surface area contributed by atoms with Crippen molar-refractivity contribution in [3.8, 4) is 0 Å². The quantitative estimate of drug-likeness (QED) is 0.782. The van der Waals surface area contributed by atoms with Crippen LogP contribution < -0.4 is 0 Å². The fourth-order valence-electron chi connectivity index (χ4n) is 1.05. The smallest absolute Gasteiger partial charge is 0.356 e. The fraction of sp³-hybridized carbons (Fsp3) is 0.333. The number of halogens is 3. The van der Waals surface area contributed by atoms with E-state index in [-0.39, 0.29) is 15.7 Å². The van der Waals surface area contributed by atoms with Crippen LogP contribution in [-0.2, 0) is 4.74 Å². The summed E-state index contributed by atoms with van der Waals surface area (Å²) < 4.78 is 29.7. The van der Waals surface area contributed by atoms with Crippen LogP contribution in [0.5, 0.6) is 0 Å². The summed E-state index contributed by atoms with van der Waals surface area (Å²) in [5.41, 5.74) is -0.0513. The van der Waals surface area contributed by atoms with Crippen LogP contribution in [-0.4, -0.2) is 18.1 Å². The molecule has 0 aliphatic rings. The summed E-state index contributed by atoms with van der Waals surface area (Å²) in [4.78, 5) is 14.9. The first kappa shape index (κ1) is 12.0. The maximum atomic E-state index is 12.5. The van der Waals surface area contributed by atoms with Gasteiger partial charge >= 0.3 is 5.97 Å². The number of rotatable bonds is 2. The lowest BCUT2D eigenvalue weighted by atomic mass is 10.2. The van der Waals surface area contributed by atoms with Gasteiger partial charge in [-0.25, -0.2) is 18.6 Å². The number of hydrogen-bond acceptors (Lipinski definition) is 3. The van der Waals surface area contributed by atoms with Gasteiger partial charge in [0.2, 0.25) is 0 Å². The van der Waals surface area contributed by atoms with Gasteiger partial charge in [0.15, 0.2) is 0 Å². The van der Waals surface area contributed by atoms with E-state index >= 15 is 0 Å². The van der Waals surface area contributed by atoms with Crippen LogP contribution in [0.3, 0.4) is 0 Å². The second-order valence-corrected chi connectivity index (χ2v) is 3.58. The van der Waals surface area contributed by atoms with E-state index in [1.54, 1.807) is 0 Å². The number of carbonyl (C=O) groups excluding carboxylic acids is 1. The molecule has 0 saturated carbocycles. The highest BCUT2D eigenvalue weighted by atomic mass is 79.9. The Balaban J connectivity index is 3.29. The molecule has 6 heteroatoms. The molecule has 0 aromatic carbocycles. The SMILES string of the molecule is COC(=O)c1cc(C(F)F)c(Br)c(C)n1. The van der Waals surface area contributed by atoms with E-state index in [1.165, 1.54) is 14.0 Å². The number of esters is 1. The maximum Gasteiger partial charge on any atom is 0.356 e. The molecule has 82 valence electrons. The maximum absolute atomic E-state index is 12.5. The molecule has 1 aromatic rings. The van der Waals surface area contributed by atoms with Gasteiger partial charge < -0.3 is 4.74 Å². The van der Waals surface area contributed by atoms with Crippen molar-refractivity contribution in [1.29, 1.82) is 0 Å². The molecule has 0 radical (unpaired) electrons. The van der Waals surface area contributed by atoms with Gasteiger partial charge in [0.1, 0.15) is 5.69 Å². The average molecular weight is 280 g/mol. The standard InChI is InChI=1S/C9H8BrF2NO2/c1-4-7(10)5(8(11)12)3-6(13-4)9(14)15-2/h3,8H,1-2H3. The van der Waals surface area contributed by atoms with Crippen LogP contribution in [0.2, 0.25) is 0 Å². The van der Waals surface area contributed by atoms with E-state index in [1.807, 2.05) is 0 Å². The summed E-state index contributed by atoms with van der Waals surface area (Å²) in [6.45, 7) is 1.53. The average Bonchev–Trinajstić information content (AvgIpc) is 2.20. The minimum atomic E-state index is -2.66. The molecule has 0 spiro atoms. The van der Waals surface area contributed by atoms with Gasteiger partial charge in [-0.15, -0.1) is 0 Å². The Bertz CT molecular complexity index is 396.